The molecular formula is C27H30BrClN2O3. The van der Waals surface area contributed by atoms with Crippen LogP contribution >= 0.6 is 27.5 Å². The van der Waals surface area contributed by atoms with Crippen molar-refractivity contribution in [1.82, 2.24) is 10.2 Å². The van der Waals surface area contributed by atoms with Gasteiger partial charge >= 0.3 is 0 Å². The van der Waals surface area contributed by atoms with Gasteiger partial charge in [0.25, 0.3) is 5.91 Å². The average molecular weight is 546 g/mol. The van der Waals surface area contributed by atoms with E-state index in [1.54, 1.807) is 17.0 Å². The molecule has 2 amide bonds. The summed E-state index contributed by atoms with van der Waals surface area (Å²) in [6.45, 7) is 5.97. The van der Waals surface area contributed by atoms with Crippen molar-refractivity contribution < 1.29 is 14.3 Å². The van der Waals surface area contributed by atoms with Crippen molar-refractivity contribution >= 4 is 50.1 Å². The van der Waals surface area contributed by atoms with Crippen LogP contribution in [0.25, 0.3) is 10.8 Å². The van der Waals surface area contributed by atoms with Gasteiger partial charge in [0.1, 0.15) is 11.8 Å². The first-order valence-corrected chi connectivity index (χ1v) is 12.6. The minimum atomic E-state index is -0.610. The molecule has 5 nitrogen and oxygen atoms in total. The molecule has 0 bridgehead atoms. The summed E-state index contributed by atoms with van der Waals surface area (Å²) >= 11 is 9.63. The van der Waals surface area contributed by atoms with E-state index in [0.717, 1.165) is 27.2 Å². The number of hydrogen-bond donors (Lipinski definition) is 1. The van der Waals surface area contributed by atoms with Gasteiger partial charge in [0, 0.05) is 17.6 Å². The molecule has 34 heavy (non-hydrogen) atoms. The summed E-state index contributed by atoms with van der Waals surface area (Å²) in [6.07, 6.45) is 1.30. The Kier molecular flexibility index (Phi) is 9.36. The lowest BCUT2D eigenvalue weighted by molar-refractivity contribution is -0.143. The van der Waals surface area contributed by atoms with E-state index in [0.29, 0.717) is 17.2 Å². The number of rotatable bonds is 10. The van der Waals surface area contributed by atoms with Gasteiger partial charge in [-0.2, -0.15) is 0 Å². The summed E-state index contributed by atoms with van der Waals surface area (Å²) in [7, 11) is 0. The molecule has 0 aliphatic carbocycles. The normalized spacial score (nSPS) is 12.7. The molecule has 0 spiro atoms. The van der Waals surface area contributed by atoms with Gasteiger partial charge in [0.05, 0.1) is 4.47 Å². The minimum Gasteiger partial charge on any atom is -0.483 e. The second kappa shape index (κ2) is 12.2. The standard InChI is InChI=1S/C27H30BrClN2O3/c1-4-18(3)30-27(33)23(5-2)31(16-19-10-13-21(29)14-11-19)25(32)17-34-24-15-12-20-8-6-7-9-22(20)26(24)28/h6-15,18,23H,4-5,16-17H2,1-3H3,(H,30,33). The summed E-state index contributed by atoms with van der Waals surface area (Å²) < 4.78 is 6.73. The monoisotopic (exact) mass is 544 g/mol. The zero-order valence-electron chi connectivity index (χ0n) is 19.7. The lowest BCUT2D eigenvalue weighted by atomic mass is 10.1. The molecular weight excluding hydrogens is 516 g/mol. The number of benzene rings is 3. The fourth-order valence-corrected chi connectivity index (χ4v) is 4.43. The molecule has 7 heteroatoms. The summed E-state index contributed by atoms with van der Waals surface area (Å²) in [4.78, 5) is 28.0. The number of hydrogen-bond acceptors (Lipinski definition) is 3. The Morgan fingerprint density at radius 2 is 1.74 bits per heavy atom. The Bertz CT molecular complexity index is 1140. The Balaban J connectivity index is 1.82. The molecule has 0 aliphatic rings. The molecule has 0 fully saturated rings. The van der Waals surface area contributed by atoms with Crippen LogP contribution in [0.15, 0.2) is 65.1 Å². The van der Waals surface area contributed by atoms with E-state index < -0.39 is 6.04 Å². The smallest absolute Gasteiger partial charge is 0.261 e. The van der Waals surface area contributed by atoms with Crippen LogP contribution in [0.4, 0.5) is 0 Å². The molecule has 3 rings (SSSR count). The van der Waals surface area contributed by atoms with Crippen LogP contribution in [0.2, 0.25) is 5.02 Å². The maximum Gasteiger partial charge on any atom is 0.261 e. The number of nitrogens with zero attached hydrogens (tertiary/aromatic N) is 1. The van der Waals surface area contributed by atoms with Crippen molar-refractivity contribution in [2.75, 3.05) is 6.61 Å². The Morgan fingerprint density at radius 1 is 1.03 bits per heavy atom. The third kappa shape index (κ3) is 6.51. The van der Waals surface area contributed by atoms with Crippen LogP contribution in [0.1, 0.15) is 39.2 Å². The van der Waals surface area contributed by atoms with Gasteiger partial charge in [-0.05, 0) is 70.2 Å². The third-order valence-electron chi connectivity index (χ3n) is 5.83. The van der Waals surface area contributed by atoms with Crippen LogP contribution in [-0.4, -0.2) is 35.4 Å². The molecule has 0 aliphatic heterocycles. The highest BCUT2D eigenvalue weighted by molar-refractivity contribution is 9.10. The zero-order valence-corrected chi connectivity index (χ0v) is 22.0. The number of carbonyl (C=O) groups excluding carboxylic acids is 2. The van der Waals surface area contributed by atoms with E-state index in [2.05, 4.69) is 21.2 Å². The van der Waals surface area contributed by atoms with E-state index in [-0.39, 0.29) is 31.0 Å². The maximum absolute atomic E-state index is 13.4. The summed E-state index contributed by atoms with van der Waals surface area (Å²) in [5, 5.41) is 5.71. The van der Waals surface area contributed by atoms with Gasteiger partial charge in [-0.1, -0.05) is 67.9 Å². The van der Waals surface area contributed by atoms with Gasteiger partial charge < -0.3 is 15.0 Å². The van der Waals surface area contributed by atoms with Crippen LogP contribution in [0.5, 0.6) is 5.75 Å². The largest absolute Gasteiger partial charge is 0.483 e. The van der Waals surface area contributed by atoms with Gasteiger partial charge in [0.2, 0.25) is 5.91 Å². The number of amides is 2. The van der Waals surface area contributed by atoms with Crippen LogP contribution in [0, 0.1) is 0 Å². The molecule has 0 saturated heterocycles. The van der Waals surface area contributed by atoms with Gasteiger partial charge in [-0.3, -0.25) is 9.59 Å². The van der Waals surface area contributed by atoms with Crippen molar-refractivity contribution in [3.63, 3.8) is 0 Å². The summed E-state index contributed by atoms with van der Waals surface area (Å²) in [6, 6.07) is 18.4. The van der Waals surface area contributed by atoms with E-state index in [9.17, 15) is 9.59 Å². The quantitative estimate of drug-likeness (QED) is 0.323. The Labute approximate surface area is 214 Å². The van der Waals surface area contributed by atoms with Crippen molar-refractivity contribution in [3.05, 3.63) is 75.7 Å². The van der Waals surface area contributed by atoms with Gasteiger partial charge in [0.15, 0.2) is 6.61 Å². The summed E-state index contributed by atoms with van der Waals surface area (Å²) in [5.41, 5.74) is 0.888. The highest BCUT2D eigenvalue weighted by atomic mass is 79.9. The average Bonchev–Trinajstić information content (AvgIpc) is 2.84. The van der Waals surface area contributed by atoms with E-state index in [1.165, 1.54) is 0 Å². The first kappa shape index (κ1) is 26.0. The molecule has 0 aromatic heterocycles. The molecule has 1 N–H and O–H groups in total. The van der Waals surface area contributed by atoms with E-state index in [1.807, 2.05) is 69.3 Å². The fourth-order valence-electron chi connectivity index (χ4n) is 3.69. The van der Waals surface area contributed by atoms with Crippen LogP contribution in [-0.2, 0) is 16.1 Å². The molecule has 2 atom stereocenters. The molecule has 180 valence electrons. The van der Waals surface area contributed by atoms with Gasteiger partial charge in [-0.25, -0.2) is 0 Å². The predicted octanol–water partition coefficient (Wildman–Crippen LogP) is 6.36. The number of carbonyl (C=O) groups is 2. The first-order valence-electron chi connectivity index (χ1n) is 11.5. The molecule has 3 aromatic carbocycles. The molecule has 0 heterocycles. The van der Waals surface area contributed by atoms with Crippen LogP contribution < -0.4 is 10.1 Å². The van der Waals surface area contributed by atoms with Crippen molar-refractivity contribution in [2.45, 2.75) is 52.2 Å². The van der Waals surface area contributed by atoms with Crippen LogP contribution in [0.3, 0.4) is 0 Å². The number of fused-ring (bicyclic) bond motifs is 1. The zero-order chi connectivity index (χ0) is 24.7. The number of nitrogens with one attached hydrogen (secondary N) is 1. The second-order valence-electron chi connectivity index (χ2n) is 8.28. The minimum absolute atomic E-state index is 0.0267. The van der Waals surface area contributed by atoms with Gasteiger partial charge in [-0.15, -0.1) is 0 Å². The SMILES string of the molecule is CCC(C)NC(=O)C(CC)N(Cc1ccc(Cl)cc1)C(=O)COc1ccc2ccccc2c1Br. The predicted molar refractivity (Wildman–Crippen MR) is 141 cm³/mol. The molecule has 0 saturated carbocycles. The second-order valence-corrected chi connectivity index (χ2v) is 9.51. The highest BCUT2D eigenvalue weighted by Crippen LogP contribution is 2.33. The third-order valence-corrected chi connectivity index (χ3v) is 6.90. The highest BCUT2D eigenvalue weighted by Gasteiger charge is 2.29. The van der Waals surface area contributed by atoms with Crippen molar-refractivity contribution in [3.8, 4) is 5.75 Å². The number of ether oxygens (including phenoxy) is 1. The van der Waals surface area contributed by atoms with E-state index >= 15 is 0 Å². The van der Waals surface area contributed by atoms with Crippen molar-refractivity contribution in [2.24, 2.45) is 0 Å². The lowest BCUT2D eigenvalue weighted by Crippen LogP contribution is -2.51. The first-order chi connectivity index (χ1) is 16.3. The number of halogens is 2. The molecule has 2 unspecified atom stereocenters. The maximum atomic E-state index is 13.4. The van der Waals surface area contributed by atoms with E-state index in [4.69, 9.17) is 16.3 Å². The van der Waals surface area contributed by atoms with Crippen molar-refractivity contribution in [1.29, 1.82) is 0 Å². The topological polar surface area (TPSA) is 58.6 Å². The summed E-state index contributed by atoms with van der Waals surface area (Å²) in [5.74, 6) is 0.155. The lowest BCUT2D eigenvalue weighted by Gasteiger charge is -2.31. The molecule has 3 aromatic rings. The Hall–Kier alpha value is -2.57. The molecule has 0 radical (unpaired) electrons. The Morgan fingerprint density at radius 3 is 2.41 bits per heavy atom. The fraction of sp³-hybridized carbons (Fsp3) is 0.333.